The molecule has 0 radical (unpaired) electrons. The Morgan fingerprint density at radius 2 is 1.82 bits per heavy atom. The van der Waals surface area contributed by atoms with Crippen LogP contribution in [0.4, 0.5) is 22.0 Å². The first-order chi connectivity index (χ1) is 10.7. The number of nitrogens with zero attached hydrogens (tertiary/aromatic N) is 1. The summed E-state index contributed by atoms with van der Waals surface area (Å²) in [7, 11) is 1.32. The third-order valence-electron chi connectivity index (χ3n) is 3.45. The number of rotatable bonds is 5. The lowest BCUT2D eigenvalue weighted by atomic mass is 10.0. The van der Waals surface area contributed by atoms with Gasteiger partial charge in [0.25, 0.3) is 0 Å². The molecule has 0 spiro atoms. The molecule has 5 heteroatoms. The predicted molar refractivity (Wildman–Crippen MR) is 88.7 cm³/mol. The highest BCUT2D eigenvalue weighted by atomic mass is 16.5. The van der Waals surface area contributed by atoms with Crippen LogP contribution in [-0.4, -0.2) is 18.2 Å². The van der Waals surface area contributed by atoms with E-state index < -0.39 is 6.09 Å². The van der Waals surface area contributed by atoms with Crippen molar-refractivity contribution in [2.24, 2.45) is 0 Å². The zero-order chi connectivity index (χ0) is 15.9. The van der Waals surface area contributed by atoms with E-state index in [1.165, 1.54) is 18.2 Å². The van der Waals surface area contributed by atoms with Crippen LogP contribution < -0.4 is 10.6 Å². The van der Waals surface area contributed by atoms with Crippen LogP contribution in [0.25, 0.3) is 0 Å². The highest BCUT2D eigenvalue weighted by Gasteiger charge is 2.07. The molecular weight excluding hydrogens is 278 g/mol. The molecule has 0 saturated heterocycles. The fraction of sp³-hybridized carbons (Fsp3) is 0.294. The van der Waals surface area contributed by atoms with Crippen LogP contribution in [0.15, 0.2) is 36.5 Å². The smallest absolute Gasteiger partial charge is 0.412 e. The third kappa shape index (κ3) is 3.75. The summed E-state index contributed by atoms with van der Waals surface area (Å²) in [6.07, 6.45) is 3.09. The number of aromatic nitrogens is 1. The van der Waals surface area contributed by atoms with Crippen molar-refractivity contribution in [2.75, 3.05) is 17.7 Å². The number of hydrogen-bond acceptors (Lipinski definition) is 4. The molecule has 2 N–H and O–H groups in total. The van der Waals surface area contributed by atoms with Gasteiger partial charge in [-0.1, -0.05) is 32.0 Å². The Balaban J connectivity index is 2.19. The van der Waals surface area contributed by atoms with Crippen LogP contribution in [0, 0.1) is 0 Å². The summed E-state index contributed by atoms with van der Waals surface area (Å²) in [6.45, 7) is 4.28. The molecule has 0 aliphatic carbocycles. The van der Waals surface area contributed by atoms with Gasteiger partial charge in [-0.3, -0.25) is 5.32 Å². The van der Waals surface area contributed by atoms with E-state index in [1.54, 1.807) is 12.3 Å². The fourth-order valence-corrected chi connectivity index (χ4v) is 2.24. The molecule has 1 heterocycles. The number of para-hydroxylation sites is 1. The van der Waals surface area contributed by atoms with Gasteiger partial charge in [-0.2, -0.15) is 0 Å². The molecule has 2 aromatic rings. The highest BCUT2D eigenvalue weighted by Crippen LogP contribution is 2.26. The van der Waals surface area contributed by atoms with Crippen molar-refractivity contribution >= 4 is 23.3 Å². The van der Waals surface area contributed by atoms with Crippen LogP contribution in [0.5, 0.6) is 0 Å². The minimum absolute atomic E-state index is 0.455. The molecule has 5 nitrogen and oxygen atoms in total. The average molecular weight is 299 g/mol. The van der Waals surface area contributed by atoms with Crippen molar-refractivity contribution in [3.63, 3.8) is 0 Å². The second-order valence-electron chi connectivity index (χ2n) is 4.83. The summed E-state index contributed by atoms with van der Waals surface area (Å²) >= 11 is 0. The molecule has 0 unspecified atom stereocenters. The zero-order valence-corrected chi connectivity index (χ0v) is 13.1. The topological polar surface area (TPSA) is 63.2 Å². The van der Waals surface area contributed by atoms with Crippen molar-refractivity contribution in [2.45, 2.75) is 26.7 Å². The number of pyridine rings is 1. The van der Waals surface area contributed by atoms with Gasteiger partial charge >= 0.3 is 6.09 Å². The number of hydrogen-bond donors (Lipinski definition) is 2. The molecule has 1 aromatic carbocycles. The summed E-state index contributed by atoms with van der Waals surface area (Å²) < 4.78 is 4.53. The Hall–Kier alpha value is -2.56. The number of benzene rings is 1. The number of ether oxygens (including phenoxy) is 1. The van der Waals surface area contributed by atoms with E-state index in [0.717, 1.165) is 24.2 Å². The molecule has 0 saturated carbocycles. The van der Waals surface area contributed by atoms with Gasteiger partial charge in [0, 0.05) is 5.69 Å². The Bertz CT molecular complexity index is 617. The number of carbonyl (C=O) groups is 1. The lowest BCUT2D eigenvalue weighted by Crippen LogP contribution is -2.12. The molecule has 0 atom stereocenters. The number of methoxy groups -OCH3 is 1. The first kappa shape index (κ1) is 15.8. The zero-order valence-electron chi connectivity index (χ0n) is 13.1. The van der Waals surface area contributed by atoms with Crippen molar-refractivity contribution in [1.82, 2.24) is 4.98 Å². The second-order valence-corrected chi connectivity index (χ2v) is 4.83. The number of nitrogens with one attached hydrogen (secondary N) is 2. The van der Waals surface area contributed by atoms with Crippen molar-refractivity contribution in [3.05, 3.63) is 47.7 Å². The molecule has 1 amide bonds. The summed E-state index contributed by atoms with van der Waals surface area (Å²) in [5.41, 5.74) is 4.57. The van der Waals surface area contributed by atoms with Crippen molar-refractivity contribution in [3.8, 4) is 0 Å². The van der Waals surface area contributed by atoms with E-state index in [9.17, 15) is 4.79 Å². The van der Waals surface area contributed by atoms with E-state index in [1.807, 2.05) is 6.07 Å². The van der Waals surface area contributed by atoms with E-state index in [2.05, 4.69) is 52.4 Å². The van der Waals surface area contributed by atoms with Crippen LogP contribution >= 0.6 is 0 Å². The van der Waals surface area contributed by atoms with E-state index >= 15 is 0 Å². The van der Waals surface area contributed by atoms with E-state index in [-0.39, 0.29) is 0 Å². The minimum atomic E-state index is -0.530. The van der Waals surface area contributed by atoms with Gasteiger partial charge in [-0.15, -0.1) is 0 Å². The Kier molecular flexibility index (Phi) is 5.36. The summed E-state index contributed by atoms with van der Waals surface area (Å²) in [5.74, 6) is 0.455. The van der Waals surface area contributed by atoms with Gasteiger partial charge < -0.3 is 10.1 Å². The molecule has 1 aromatic heterocycles. The SMILES string of the molecule is CCc1cccc(CC)c1Nc1ccc(NC(=O)OC)nc1. The molecule has 116 valence electrons. The van der Waals surface area contributed by atoms with Gasteiger partial charge in [0.15, 0.2) is 0 Å². The molecule has 22 heavy (non-hydrogen) atoms. The van der Waals surface area contributed by atoms with Crippen LogP contribution in [-0.2, 0) is 17.6 Å². The lowest BCUT2D eigenvalue weighted by Gasteiger charge is -2.15. The second kappa shape index (κ2) is 7.45. The summed E-state index contributed by atoms with van der Waals surface area (Å²) in [6, 6.07) is 9.96. The van der Waals surface area contributed by atoms with Gasteiger partial charge in [0.05, 0.1) is 19.0 Å². The Morgan fingerprint density at radius 3 is 2.32 bits per heavy atom. The minimum Gasteiger partial charge on any atom is -0.453 e. The van der Waals surface area contributed by atoms with Gasteiger partial charge in [0.2, 0.25) is 0 Å². The summed E-state index contributed by atoms with van der Waals surface area (Å²) in [5, 5.41) is 5.96. The maximum Gasteiger partial charge on any atom is 0.412 e. The average Bonchev–Trinajstić information content (AvgIpc) is 2.56. The Morgan fingerprint density at radius 1 is 1.14 bits per heavy atom. The normalized spacial score (nSPS) is 10.1. The van der Waals surface area contributed by atoms with Crippen molar-refractivity contribution < 1.29 is 9.53 Å². The maximum absolute atomic E-state index is 11.1. The standard InChI is InChI=1S/C17H21N3O2/c1-4-12-7-6-8-13(5-2)16(12)19-14-9-10-15(18-11-14)20-17(21)22-3/h6-11,19H,4-5H2,1-3H3,(H,18,20,21). The largest absolute Gasteiger partial charge is 0.453 e. The highest BCUT2D eigenvalue weighted by molar-refractivity contribution is 5.83. The fourth-order valence-electron chi connectivity index (χ4n) is 2.24. The first-order valence-corrected chi connectivity index (χ1v) is 7.36. The maximum atomic E-state index is 11.1. The van der Waals surface area contributed by atoms with Crippen LogP contribution in [0.1, 0.15) is 25.0 Å². The summed E-state index contributed by atoms with van der Waals surface area (Å²) in [4.78, 5) is 15.3. The van der Waals surface area contributed by atoms with Crippen LogP contribution in [0.3, 0.4) is 0 Å². The Labute approximate surface area is 130 Å². The van der Waals surface area contributed by atoms with Gasteiger partial charge in [-0.05, 0) is 36.1 Å². The number of anilines is 3. The third-order valence-corrected chi connectivity index (χ3v) is 3.45. The van der Waals surface area contributed by atoms with E-state index in [0.29, 0.717) is 5.82 Å². The first-order valence-electron chi connectivity index (χ1n) is 7.36. The van der Waals surface area contributed by atoms with Crippen molar-refractivity contribution in [1.29, 1.82) is 0 Å². The predicted octanol–water partition coefficient (Wildman–Crippen LogP) is 4.13. The van der Waals surface area contributed by atoms with E-state index in [4.69, 9.17) is 0 Å². The van der Waals surface area contributed by atoms with Gasteiger partial charge in [-0.25, -0.2) is 9.78 Å². The number of aryl methyl sites for hydroxylation is 2. The molecule has 0 bridgehead atoms. The molecule has 0 fully saturated rings. The number of carbonyl (C=O) groups excluding carboxylic acids is 1. The molecular formula is C17H21N3O2. The molecule has 2 rings (SSSR count). The quantitative estimate of drug-likeness (QED) is 0.871. The van der Waals surface area contributed by atoms with Crippen LogP contribution in [0.2, 0.25) is 0 Å². The molecule has 0 aliphatic rings. The lowest BCUT2D eigenvalue weighted by molar-refractivity contribution is 0.187. The number of amides is 1. The van der Waals surface area contributed by atoms with Gasteiger partial charge in [0.1, 0.15) is 5.82 Å². The molecule has 0 aliphatic heterocycles. The monoisotopic (exact) mass is 299 g/mol.